The Morgan fingerprint density at radius 3 is 2.31 bits per heavy atom. The number of ether oxygens (including phenoxy) is 3. The van der Waals surface area contributed by atoms with Crippen LogP contribution in [0.4, 0.5) is 0 Å². The normalized spacial score (nSPS) is 15.3. The Hall–Kier alpha value is -3.49. The summed E-state index contributed by atoms with van der Waals surface area (Å²) in [5.41, 5.74) is 5.26. The Bertz CT molecular complexity index is 1120. The molecule has 4 rings (SSSR count). The first-order valence-corrected chi connectivity index (χ1v) is 10.2. The largest absolute Gasteiger partial charge is 0.465 e. The molecule has 2 aromatic carbocycles. The minimum absolute atomic E-state index is 0.188. The fraction of sp³-hybridized carbons (Fsp3) is 0.292. The molecule has 32 heavy (non-hydrogen) atoms. The summed E-state index contributed by atoms with van der Waals surface area (Å²) < 4.78 is 15.5. The van der Waals surface area contributed by atoms with Gasteiger partial charge < -0.3 is 19.1 Å². The van der Waals surface area contributed by atoms with Crippen LogP contribution in [0.5, 0.6) is 0 Å². The molecule has 3 aromatic rings. The molecule has 1 aliphatic rings. The smallest absolute Gasteiger partial charge is 0.337 e. The van der Waals surface area contributed by atoms with Gasteiger partial charge in [-0.2, -0.15) is 5.10 Å². The van der Waals surface area contributed by atoms with Gasteiger partial charge in [0.05, 0.1) is 31.0 Å². The van der Waals surface area contributed by atoms with Crippen molar-refractivity contribution >= 4 is 11.9 Å². The number of nitrogens with zero attached hydrogens (tertiary/aromatic N) is 2. The second-order valence-electron chi connectivity index (χ2n) is 7.60. The molecular formula is C24H25N3O5. The Kier molecular flexibility index (Phi) is 6.07. The molecule has 8 heteroatoms. The Balaban J connectivity index is 1.82. The number of rotatable bonds is 7. The van der Waals surface area contributed by atoms with Gasteiger partial charge in [-0.25, -0.2) is 4.79 Å². The van der Waals surface area contributed by atoms with Crippen molar-refractivity contribution in [2.75, 3.05) is 27.9 Å². The number of hydrogen-bond acceptors (Lipinski definition) is 6. The highest BCUT2D eigenvalue weighted by atomic mass is 16.7. The highest BCUT2D eigenvalue weighted by Crippen LogP contribution is 2.43. The van der Waals surface area contributed by atoms with Gasteiger partial charge in [0, 0.05) is 25.3 Å². The number of aryl methyl sites for hydroxylation is 1. The number of esters is 1. The van der Waals surface area contributed by atoms with Crippen LogP contribution in [-0.2, 0) is 14.2 Å². The molecule has 0 fully saturated rings. The maximum Gasteiger partial charge on any atom is 0.337 e. The molecule has 8 nitrogen and oxygen atoms in total. The SMILES string of the molecule is COC(=O)c1ccc(C2c3c(-c4ccc(C)cc4)n[nH]c3C(=O)N2CC(OC)OC)cc1. The molecule has 0 radical (unpaired) electrons. The maximum atomic E-state index is 13.3. The van der Waals surface area contributed by atoms with Gasteiger partial charge in [-0.05, 0) is 24.6 Å². The predicted molar refractivity (Wildman–Crippen MR) is 117 cm³/mol. The summed E-state index contributed by atoms with van der Waals surface area (Å²) in [6, 6.07) is 14.6. The molecule has 1 atom stereocenters. The summed E-state index contributed by atoms with van der Waals surface area (Å²) in [7, 11) is 4.41. The average molecular weight is 435 g/mol. The van der Waals surface area contributed by atoms with E-state index in [2.05, 4.69) is 10.2 Å². The van der Waals surface area contributed by atoms with E-state index in [0.29, 0.717) is 17.0 Å². The summed E-state index contributed by atoms with van der Waals surface area (Å²) >= 11 is 0. The van der Waals surface area contributed by atoms with E-state index in [1.807, 2.05) is 43.3 Å². The van der Waals surface area contributed by atoms with Gasteiger partial charge in [-0.15, -0.1) is 0 Å². The third-order valence-electron chi connectivity index (χ3n) is 5.71. The number of nitrogens with one attached hydrogen (secondary N) is 1. The summed E-state index contributed by atoms with van der Waals surface area (Å²) in [6.07, 6.45) is -0.587. The number of carbonyl (C=O) groups excluding carboxylic acids is 2. The molecular weight excluding hydrogens is 410 g/mol. The Morgan fingerprint density at radius 1 is 1.06 bits per heavy atom. The van der Waals surface area contributed by atoms with Gasteiger partial charge in [0.2, 0.25) is 0 Å². The zero-order chi connectivity index (χ0) is 22.8. The van der Waals surface area contributed by atoms with Crippen LogP contribution in [0.3, 0.4) is 0 Å². The van der Waals surface area contributed by atoms with E-state index in [1.165, 1.54) is 21.3 Å². The molecule has 1 amide bonds. The molecule has 1 aromatic heterocycles. The molecule has 0 spiro atoms. The summed E-state index contributed by atoms with van der Waals surface area (Å²) in [6.45, 7) is 2.25. The van der Waals surface area contributed by atoms with E-state index in [1.54, 1.807) is 17.0 Å². The lowest BCUT2D eigenvalue weighted by Gasteiger charge is -2.29. The van der Waals surface area contributed by atoms with Crippen LogP contribution < -0.4 is 0 Å². The first-order chi connectivity index (χ1) is 15.5. The van der Waals surface area contributed by atoms with Crippen molar-refractivity contribution in [3.8, 4) is 11.3 Å². The molecule has 1 unspecified atom stereocenters. The van der Waals surface area contributed by atoms with E-state index in [9.17, 15) is 9.59 Å². The van der Waals surface area contributed by atoms with Crippen molar-refractivity contribution < 1.29 is 23.8 Å². The molecule has 1 N–H and O–H groups in total. The first-order valence-electron chi connectivity index (χ1n) is 10.2. The fourth-order valence-electron chi connectivity index (χ4n) is 3.99. The predicted octanol–water partition coefficient (Wildman–Crippen LogP) is 3.34. The molecule has 0 saturated carbocycles. The zero-order valence-corrected chi connectivity index (χ0v) is 18.4. The van der Waals surface area contributed by atoms with E-state index in [4.69, 9.17) is 14.2 Å². The second kappa shape index (κ2) is 8.94. The highest BCUT2D eigenvalue weighted by molar-refractivity contribution is 6.00. The fourth-order valence-corrected chi connectivity index (χ4v) is 3.99. The zero-order valence-electron chi connectivity index (χ0n) is 18.4. The lowest BCUT2D eigenvalue weighted by molar-refractivity contribution is -0.113. The third kappa shape index (κ3) is 3.79. The third-order valence-corrected chi connectivity index (χ3v) is 5.71. The van der Waals surface area contributed by atoms with Crippen molar-refractivity contribution in [2.24, 2.45) is 0 Å². The van der Waals surface area contributed by atoms with Gasteiger partial charge in [-0.3, -0.25) is 9.89 Å². The first kappa shape index (κ1) is 21.7. The van der Waals surface area contributed by atoms with Crippen LogP contribution in [0.25, 0.3) is 11.3 Å². The lowest BCUT2D eigenvalue weighted by Crippen LogP contribution is -2.38. The molecule has 1 aliphatic heterocycles. The minimum atomic E-state index is -0.587. The maximum absolute atomic E-state index is 13.3. The number of H-pyrrole nitrogens is 1. The topological polar surface area (TPSA) is 93.8 Å². The van der Waals surface area contributed by atoms with Gasteiger partial charge >= 0.3 is 5.97 Å². The van der Waals surface area contributed by atoms with E-state index in [0.717, 1.165) is 22.3 Å². The quantitative estimate of drug-likeness (QED) is 0.452. The van der Waals surface area contributed by atoms with Crippen LogP contribution in [0.2, 0.25) is 0 Å². The molecule has 166 valence electrons. The number of methoxy groups -OCH3 is 3. The van der Waals surface area contributed by atoms with E-state index in [-0.39, 0.29) is 12.5 Å². The van der Waals surface area contributed by atoms with Crippen LogP contribution >= 0.6 is 0 Å². The number of aromatic amines is 1. The van der Waals surface area contributed by atoms with Crippen molar-refractivity contribution in [1.29, 1.82) is 0 Å². The van der Waals surface area contributed by atoms with E-state index < -0.39 is 18.3 Å². The van der Waals surface area contributed by atoms with Crippen LogP contribution in [0, 0.1) is 6.92 Å². The van der Waals surface area contributed by atoms with Crippen LogP contribution in [0.1, 0.15) is 43.6 Å². The number of hydrogen-bond donors (Lipinski definition) is 1. The van der Waals surface area contributed by atoms with Crippen molar-refractivity contribution in [3.63, 3.8) is 0 Å². The van der Waals surface area contributed by atoms with Crippen molar-refractivity contribution in [2.45, 2.75) is 19.3 Å². The lowest BCUT2D eigenvalue weighted by atomic mass is 9.95. The minimum Gasteiger partial charge on any atom is -0.465 e. The summed E-state index contributed by atoms with van der Waals surface area (Å²) in [4.78, 5) is 26.9. The number of fused-ring (bicyclic) bond motifs is 1. The van der Waals surface area contributed by atoms with Crippen LogP contribution in [-0.4, -0.2) is 61.1 Å². The number of benzene rings is 2. The molecule has 0 saturated heterocycles. The van der Waals surface area contributed by atoms with Gasteiger partial charge in [0.1, 0.15) is 5.69 Å². The Labute approximate surface area is 186 Å². The number of amides is 1. The van der Waals surface area contributed by atoms with Gasteiger partial charge in [0.25, 0.3) is 5.91 Å². The Morgan fingerprint density at radius 2 is 1.72 bits per heavy atom. The van der Waals surface area contributed by atoms with E-state index >= 15 is 0 Å². The van der Waals surface area contributed by atoms with Gasteiger partial charge in [0.15, 0.2) is 6.29 Å². The highest BCUT2D eigenvalue weighted by Gasteiger charge is 2.43. The molecule has 0 bridgehead atoms. The summed E-state index contributed by atoms with van der Waals surface area (Å²) in [5.74, 6) is -0.605. The number of carbonyl (C=O) groups is 2. The van der Waals surface area contributed by atoms with Crippen molar-refractivity contribution in [1.82, 2.24) is 15.1 Å². The number of aromatic nitrogens is 2. The summed E-state index contributed by atoms with van der Waals surface area (Å²) in [5, 5.41) is 7.40. The second-order valence-corrected chi connectivity index (χ2v) is 7.60. The van der Waals surface area contributed by atoms with Gasteiger partial charge in [-0.1, -0.05) is 42.0 Å². The molecule has 0 aliphatic carbocycles. The van der Waals surface area contributed by atoms with Crippen LogP contribution in [0.15, 0.2) is 48.5 Å². The monoisotopic (exact) mass is 435 g/mol. The molecule has 2 heterocycles. The van der Waals surface area contributed by atoms with Crippen molar-refractivity contribution in [3.05, 3.63) is 76.5 Å². The average Bonchev–Trinajstić information content (AvgIpc) is 3.36. The standard InChI is InChI=1S/C24H25N3O5/c1-14-5-7-15(8-6-14)20-19-21(26-25-20)23(28)27(13-18(30-2)31-3)22(19)16-9-11-17(12-10-16)24(29)32-4/h5-12,18,22H,13H2,1-4H3,(H,25,26).